The number of alkyl halides is 3. The molecule has 1 aliphatic rings. The van der Waals surface area contributed by atoms with Crippen LogP contribution in [0.3, 0.4) is 0 Å². The van der Waals surface area contributed by atoms with Crippen LogP contribution in [0.4, 0.5) is 13.2 Å². The number of halogens is 3. The van der Waals surface area contributed by atoms with Crippen LogP contribution in [0.2, 0.25) is 0 Å². The molecule has 0 aliphatic carbocycles. The highest BCUT2D eigenvalue weighted by Gasteiger charge is 2.41. The monoisotopic (exact) mass is 233 g/mol. The van der Waals surface area contributed by atoms with Crippen LogP contribution in [0.25, 0.3) is 0 Å². The van der Waals surface area contributed by atoms with Crippen molar-refractivity contribution < 1.29 is 13.2 Å². The molecule has 1 N–H and O–H groups in total. The van der Waals surface area contributed by atoms with E-state index >= 15 is 0 Å². The summed E-state index contributed by atoms with van der Waals surface area (Å²) in [5, 5.41) is 6.95. The number of rotatable bonds is 1. The standard InChI is InChI=1S/C10H14F3N3/c1-16-9(4-5-15-16)8-3-2-7(6-14-8)10(11,12)13/h4-5,7-8,14H,2-3,6H2,1H3. The molecule has 0 amide bonds. The van der Waals surface area contributed by atoms with Crippen LogP contribution in [-0.4, -0.2) is 22.5 Å². The lowest BCUT2D eigenvalue weighted by Crippen LogP contribution is -2.40. The van der Waals surface area contributed by atoms with Gasteiger partial charge in [-0.2, -0.15) is 18.3 Å². The second kappa shape index (κ2) is 4.08. The molecule has 0 saturated carbocycles. The van der Waals surface area contributed by atoms with Gasteiger partial charge in [-0.15, -0.1) is 0 Å². The van der Waals surface area contributed by atoms with Gasteiger partial charge in [-0.05, 0) is 18.9 Å². The highest BCUT2D eigenvalue weighted by molar-refractivity contribution is 5.07. The number of piperidine rings is 1. The van der Waals surface area contributed by atoms with E-state index in [2.05, 4.69) is 10.4 Å². The fourth-order valence-corrected chi connectivity index (χ4v) is 2.11. The van der Waals surface area contributed by atoms with Crippen molar-refractivity contribution in [3.05, 3.63) is 18.0 Å². The molecule has 16 heavy (non-hydrogen) atoms. The van der Waals surface area contributed by atoms with Crippen LogP contribution >= 0.6 is 0 Å². The van der Waals surface area contributed by atoms with E-state index in [-0.39, 0.29) is 19.0 Å². The maximum atomic E-state index is 12.4. The second-order valence-corrected chi connectivity index (χ2v) is 4.16. The number of nitrogens with zero attached hydrogens (tertiary/aromatic N) is 2. The third kappa shape index (κ3) is 2.21. The summed E-state index contributed by atoms with van der Waals surface area (Å²) in [5.74, 6) is -1.21. The van der Waals surface area contributed by atoms with Crippen LogP contribution in [0, 0.1) is 5.92 Å². The summed E-state index contributed by atoms with van der Waals surface area (Å²) >= 11 is 0. The summed E-state index contributed by atoms with van der Waals surface area (Å²) in [6.07, 6.45) is -1.73. The molecule has 2 atom stereocenters. The smallest absolute Gasteiger partial charge is 0.308 e. The molecule has 0 spiro atoms. The molecule has 1 aromatic rings. The quantitative estimate of drug-likeness (QED) is 0.804. The van der Waals surface area contributed by atoms with Gasteiger partial charge in [0.25, 0.3) is 0 Å². The number of nitrogens with one attached hydrogen (secondary N) is 1. The van der Waals surface area contributed by atoms with E-state index in [4.69, 9.17) is 0 Å². The van der Waals surface area contributed by atoms with Crippen molar-refractivity contribution in [3.63, 3.8) is 0 Å². The zero-order valence-electron chi connectivity index (χ0n) is 8.96. The topological polar surface area (TPSA) is 29.9 Å². The lowest BCUT2D eigenvalue weighted by atomic mass is 9.93. The molecule has 2 unspecified atom stereocenters. The van der Waals surface area contributed by atoms with E-state index in [1.807, 2.05) is 6.07 Å². The van der Waals surface area contributed by atoms with Crippen molar-refractivity contribution in [1.82, 2.24) is 15.1 Å². The summed E-state index contributed by atoms with van der Waals surface area (Å²) < 4.78 is 39.0. The zero-order valence-corrected chi connectivity index (χ0v) is 8.96. The van der Waals surface area contributed by atoms with E-state index in [1.165, 1.54) is 0 Å². The Morgan fingerprint density at radius 3 is 2.62 bits per heavy atom. The van der Waals surface area contributed by atoms with Gasteiger partial charge in [-0.1, -0.05) is 0 Å². The van der Waals surface area contributed by atoms with Crippen LogP contribution in [0.1, 0.15) is 24.6 Å². The molecule has 1 saturated heterocycles. The van der Waals surface area contributed by atoms with Gasteiger partial charge in [0, 0.05) is 25.8 Å². The fraction of sp³-hybridized carbons (Fsp3) is 0.700. The minimum Gasteiger partial charge on any atom is -0.308 e. The number of aromatic nitrogens is 2. The van der Waals surface area contributed by atoms with Gasteiger partial charge in [-0.3, -0.25) is 4.68 Å². The predicted octanol–water partition coefficient (Wildman–Crippen LogP) is 2.02. The van der Waals surface area contributed by atoms with Crippen molar-refractivity contribution >= 4 is 0 Å². The van der Waals surface area contributed by atoms with Gasteiger partial charge in [0.05, 0.1) is 11.6 Å². The Kier molecular flexibility index (Phi) is 2.92. The summed E-state index contributed by atoms with van der Waals surface area (Å²) in [4.78, 5) is 0. The van der Waals surface area contributed by atoms with Crippen molar-refractivity contribution in [2.24, 2.45) is 13.0 Å². The van der Waals surface area contributed by atoms with E-state index in [1.54, 1.807) is 17.9 Å². The molecule has 0 radical (unpaired) electrons. The average molecular weight is 233 g/mol. The molecule has 1 aromatic heterocycles. The Labute approximate surface area is 91.6 Å². The van der Waals surface area contributed by atoms with E-state index in [0.29, 0.717) is 6.42 Å². The molecule has 2 heterocycles. The lowest BCUT2D eigenvalue weighted by Gasteiger charge is -2.31. The molecular weight excluding hydrogens is 219 g/mol. The fourth-order valence-electron chi connectivity index (χ4n) is 2.11. The molecule has 6 heteroatoms. The number of aryl methyl sites for hydroxylation is 1. The highest BCUT2D eigenvalue weighted by Crippen LogP contribution is 2.35. The van der Waals surface area contributed by atoms with Crippen molar-refractivity contribution in [3.8, 4) is 0 Å². The highest BCUT2D eigenvalue weighted by atomic mass is 19.4. The van der Waals surface area contributed by atoms with Crippen molar-refractivity contribution in [2.45, 2.75) is 25.1 Å². The molecule has 90 valence electrons. The maximum Gasteiger partial charge on any atom is 0.393 e. The third-order valence-electron chi connectivity index (χ3n) is 3.09. The molecular formula is C10H14F3N3. The molecule has 1 aliphatic heterocycles. The first-order chi connectivity index (χ1) is 7.48. The molecule has 3 nitrogen and oxygen atoms in total. The summed E-state index contributed by atoms with van der Waals surface area (Å²) in [7, 11) is 1.80. The first kappa shape index (κ1) is 11.4. The average Bonchev–Trinajstić information content (AvgIpc) is 2.63. The normalized spacial score (nSPS) is 27.0. The Hall–Kier alpha value is -1.04. The lowest BCUT2D eigenvalue weighted by molar-refractivity contribution is -0.179. The van der Waals surface area contributed by atoms with E-state index in [0.717, 1.165) is 5.69 Å². The van der Waals surface area contributed by atoms with E-state index in [9.17, 15) is 13.2 Å². The first-order valence-corrected chi connectivity index (χ1v) is 5.26. The summed E-state index contributed by atoms with van der Waals surface area (Å²) in [6, 6.07) is 1.83. The molecule has 2 rings (SSSR count). The van der Waals surface area contributed by atoms with Crippen molar-refractivity contribution in [1.29, 1.82) is 0 Å². The number of hydrogen-bond donors (Lipinski definition) is 1. The van der Waals surface area contributed by atoms with Gasteiger partial charge in [0.15, 0.2) is 0 Å². The Morgan fingerprint density at radius 2 is 2.19 bits per heavy atom. The van der Waals surface area contributed by atoms with E-state index < -0.39 is 12.1 Å². The van der Waals surface area contributed by atoms with Gasteiger partial charge in [0.1, 0.15) is 0 Å². The predicted molar refractivity (Wildman–Crippen MR) is 52.7 cm³/mol. The minimum atomic E-state index is -4.08. The molecule has 1 fully saturated rings. The summed E-state index contributed by atoms with van der Waals surface area (Å²) in [5.41, 5.74) is 0.945. The van der Waals surface area contributed by atoms with Crippen LogP contribution in [-0.2, 0) is 7.05 Å². The maximum absolute atomic E-state index is 12.4. The van der Waals surface area contributed by atoms with Crippen LogP contribution in [0.15, 0.2) is 12.3 Å². The van der Waals surface area contributed by atoms with Crippen LogP contribution < -0.4 is 5.32 Å². The largest absolute Gasteiger partial charge is 0.393 e. The summed E-state index contributed by atoms with van der Waals surface area (Å²) in [6.45, 7) is -0.000648. The minimum absolute atomic E-state index is 0.000648. The number of hydrogen-bond acceptors (Lipinski definition) is 2. The van der Waals surface area contributed by atoms with Gasteiger partial charge >= 0.3 is 6.18 Å². The van der Waals surface area contributed by atoms with Gasteiger partial charge in [-0.25, -0.2) is 0 Å². The first-order valence-electron chi connectivity index (χ1n) is 5.26. The Balaban J connectivity index is 1.98. The van der Waals surface area contributed by atoms with Crippen LogP contribution in [0.5, 0.6) is 0 Å². The molecule has 0 bridgehead atoms. The SMILES string of the molecule is Cn1nccc1C1CCC(C(F)(F)F)CN1. The Morgan fingerprint density at radius 1 is 1.44 bits per heavy atom. The van der Waals surface area contributed by atoms with Gasteiger partial charge in [0.2, 0.25) is 0 Å². The molecule has 0 aromatic carbocycles. The van der Waals surface area contributed by atoms with Crippen molar-refractivity contribution in [2.75, 3.05) is 6.54 Å². The Bertz CT molecular complexity index is 350. The second-order valence-electron chi connectivity index (χ2n) is 4.16. The van der Waals surface area contributed by atoms with Gasteiger partial charge < -0.3 is 5.32 Å². The third-order valence-corrected chi connectivity index (χ3v) is 3.09. The zero-order chi connectivity index (χ0) is 11.8.